The number of ether oxygens (including phenoxy) is 1. The Morgan fingerprint density at radius 2 is 2.18 bits per heavy atom. The van der Waals surface area contributed by atoms with E-state index in [0.717, 1.165) is 32.1 Å². The molecule has 17 heavy (non-hydrogen) atoms. The van der Waals surface area contributed by atoms with Crippen LogP contribution in [0.5, 0.6) is 0 Å². The van der Waals surface area contributed by atoms with Crippen molar-refractivity contribution in [1.82, 2.24) is 0 Å². The van der Waals surface area contributed by atoms with E-state index in [1.807, 2.05) is 0 Å². The second-order valence-corrected chi connectivity index (χ2v) is 5.42. The van der Waals surface area contributed by atoms with Gasteiger partial charge in [-0.25, -0.2) is 0 Å². The molecule has 0 aromatic rings. The molecule has 2 rings (SSSR count). The van der Waals surface area contributed by atoms with Crippen molar-refractivity contribution in [2.45, 2.75) is 45.4 Å². The van der Waals surface area contributed by atoms with E-state index in [0.29, 0.717) is 12.5 Å². The quantitative estimate of drug-likeness (QED) is 0.548. The summed E-state index contributed by atoms with van der Waals surface area (Å²) in [7, 11) is 0. The van der Waals surface area contributed by atoms with Gasteiger partial charge >= 0.3 is 5.97 Å². The van der Waals surface area contributed by atoms with E-state index in [2.05, 4.69) is 19.6 Å². The second-order valence-electron chi connectivity index (χ2n) is 5.42. The summed E-state index contributed by atoms with van der Waals surface area (Å²) in [6.07, 6.45) is 8.73. The average Bonchev–Trinajstić information content (AvgIpc) is 2.24. The van der Waals surface area contributed by atoms with Gasteiger partial charge in [-0.1, -0.05) is 24.6 Å². The minimum atomic E-state index is 0.0131. The van der Waals surface area contributed by atoms with Gasteiger partial charge in [0.05, 0.1) is 5.92 Å². The van der Waals surface area contributed by atoms with Gasteiger partial charge in [0, 0.05) is 0 Å². The third kappa shape index (κ3) is 3.21. The fourth-order valence-electron chi connectivity index (χ4n) is 2.39. The summed E-state index contributed by atoms with van der Waals surface area (Å²) in [5.74, 6) is 0.836. The van der Waals surface area contributed by atoms with Crippen LogP contribution in [-0.4, -0.2) is 12.6 Å². The SMILES string of the molecule is C=C(C)C1CC=C(COC(=O)C2CCC2)CC1. The van der Waals surface area contributed by atoms with Crippen molar-refractivity contribution in [1.29, 1.82) is 0 Å². The lowest BCUT2D eigenvalue weighted by Gasteiger charge is -2.25. The molecule has 0 spiro atoms. The fraction of sp³-hybridized carbons (Fsp3) is 0.667. The molecule has 1 unspecified atom stereocenters. The van der Waals surface area contributed by atoms with Crippen LogP contribution in [0.3, 0.4) is 0 Å². The Hall–Kier alpha value is -1.05. The minimum absolute atomic E-state index is 0.0131. The van der Waals surface area contributed by atoms with Gasteiger partial charge in [0.1, 0.15) is 6.61 Å². The summed E-state index contributed by atoms with van der Waals surface area (Å²) in [5, 5.41) is 0. The third-order valence-electron chi connectivity index (χ3n) is 4.04. The van der Waals surface area contributed by atoms with Crippen molar-refractivity contribution < 1.29 is 9.53 Å². The van der Waals surface area contributed by atoms with Crippen LogP contribution < -0.4 is 0 Å². The van der Waals surface area contributed by atoms with Crippen molar-refractivity contribution in [3.8, 4) is 0 Å². The first-order chi connectivity index (χ1) is 8.16. The van der Waals surface area contributed by atoms with E-state index in [9.17, 15) is 4.79 Å². The molecule has 0 aromatic carbocycles. The van der Waals surface area contributed by atoms with Crippen molar-refractivity contribution in [2.24, 2.45) is 11.8 Å². The molecule has 0 aromatic heterocycles. The van der Waals surface area contributed by atoms with Crippen LogP contribution in [0.4, 0.5) is 0 Å². The first kappa shape index (κ1) is 12.4. The molecule has 2 aliphatic carbocycles. The van der Waals surface area contributed by atoms with E-state index < -0.39 is 0 Å². The lowest BCUT2D eigenvalue weighted by atomic mass is 9.85. The predicted octanol–water partition coefficient (Wildman–Crippen LogP) is 3.63. The Balaban J connectivity index is 1.73. The van der Waals surface area contributed by atoms with Crippen LogP contribution in [0.15, 0.2) is 23.8 Å². The molecule has 0 amide bonds. The van der Waals surface area contributed by atoms with Gasteiger partial charge in [-0.15, -0.1) is 0 Å². The summed E-state index contributed by atoms with van der Waals surface area (Å²) < 4.78 is 5.35. The Bertz CT molecular complexity index is 337. The Morgan fingerprint density at radius 1 is 1.41 bits per heavy atom. The van der Waals surface area contributed by atoms with Crippen LogP contribution in [0, 0.1) is 11.8 Å². The van der Waals surface area contributed by atoms with Crippen LogP contribution >= 0.6 is 0 Å². The van der Waals surface area contributed by atoms with Gasteiger partial charge in [0.2, 0.25) is 0 Å². The summed E-state index contributed by atoms with van der Waals surface area (Å²) in [5.41, 5.74) is 2.56. The Kier molecular flexibility index (Phi) is 4.03. The number of hydrogen-bond donors (Lipinski definition) is 0. The number of allylic oxidation sites excluding steroid dienone is 2. The zero-order valence-electron chi connectivity index (χ0n) is 10.7. The summed E-state index contributed by atoms with van der Waals surface area (Å²) in [6, 6.07) is 0. The van der Waals surface area contributed by atoms with E-state index in [1.165, 1.54) is 17.6 Å². The lowest BCUT2D eigenvalue weighted by molar-refractivity contribution is -0.150. The monoisotopic (exact) mass is 234 g/mol. The lowest BCUT2D eigenvalue weighted by Crippen LogP contribution is -2.25. The maximum absolute atomic E-state index is 11.6. The van der Waals surface area contributed by atoms with Crippen molar-refractivity contribution in [3.63, 3.8) is 0 Å². The van der Waals surface area contributed by atoms with E-state index in [4.69, 9.17) is 4.74 Å². The molecule has 0 heterocycles. The molecule has 1 fully saturated rings. The zero-order valence-corrected chi connectivity index (χ0v) is 10.7. The smallest absolute Gasteiger partial charge is 0.309 e. The standard InChI is InChI=1S/C15H22O2/c1-11(2)13-8-6-12(7-9-13)10-17-15(16)14-4-3-5-14/h6,13-14H,1,3-5,7-10H2,2H3. The van der Waals surface area contributed by atoms with Crippen molar-refractivity contribution in [2.75, 3.05) is 6.61 Å². The fourth-order valence-corrected chi connectivity index (χ4v) is 2.39. The molecule has 2 nitrogen and oxygen atoms in total. The summed E-state index contributed by atoms with van der Waals surface area (Å²) >= 11 is 0. The van der Waals surface area contributed by atoms with Crippen molar-refractivity contribution >= 4 is 5.97 Å². The predicted molar refractivity (Wildman–Crippen MR) is 68.5 cm³/mol. The number of esters is 1. The topological polar surface area (TPSA) is 26.3 Å². The largest absolute Gasteiger partial charge is 0.461 e. The number of hydrogen-bond acceptors (Lipinski definition) is 2. The normalized spacial score (nSPS) is 24.8. The minimum Gasteiger partial charge on any atom is -0.461 e. The van der Waals surface area contributed by atoms with Crippen LogP contribution in [0.25, 0.3) is 0 Å². The summed E-state index contributed by atoms with van der Waals surface area (Å²) in [6.45, 7) is 6.61. The number of rotatable bonds is 4. The maximum atomic E-state index is 11.6. The maximum Gasteiger partial charge on any atom is 0.309 e. The molecule has 0 N–H and O–H groups in total. The Morgan fingerprint density at radius 3 is 2.65 bits per heavy atom. The van der Waals surface area contributed by atoms with E-state index in [-0.39, 0.29) is 11.9 Å². The highest BCUT2D eigenvalue weighted by Crippen LogP contribution is 2.30. The number of carbonyl (C=O) groups excluding carboxylic acids is 1. The van der Waals surface area contributed by atoms with Gasteiger partial charge < -0.3 is 4.74 Å². The molecular weight excluding hydrogens is 212 g/mol. The number of carbonyl (C=O) groups is 1. The van der Waals surface area contributed by atoms with Gasteiger partial charge in [0.25, 0.3) is 0 Å². The first-order valence-electron chi connectivity index (χ1n) is 6.66. The summed E-state index contributed by atoms with van der Waals surface area (Å²) in [4.78, 5) is 11.6. The Labute approximate surface area is 104 Å². The van der Waals surface area contributed by atoms with Crippen LogP contribution in [-0.2, 0) is 9.53 Å². The zero-order chi connectivity index (χ0) is 12.3. The van der Waals surface area contributed by atoms with E-state index >= 15 is 0 Å². The van der Waals surface area contributed by atoms with Crippen molar-refractivity contribution in [3.05, 3.63) is 23.8 Å². The molecule has 0 saturated heterocycles. The highest BCUT2D eigenvalue weighted by atomic mass is 16.5. The highest BCUT2D eigenvalue weighted by Gasteiger charge is 2.27. The van der Waals surface area contributed by atoms with Gasteiger partial charge in [-0.3, -0.25) is 4.79 Å². The van der Waals surface area contributed by atoms with Crippen LogP contribution in [0.2, 0.25) is 0 Å². The highest BCUT2D eigenvalue weighted by molar-refractivity contribution is 5.73. The molecule has 2 aliphatic rings. The molecule has 1 saturated carbocycles. The van der Waals surface area contributed by atoms with Gasteiger partial charge in [-0.05, 0) is 50.5 Å². The van der Waals surface area contributed by atoms with Gasteiger partial charge in [-0.2, -0.15) is 0 Å². The molecule has 0 bridgehead atoms. The first-order valence-corrected chi connectivity index (χ1v) is 6.66. The molecule has 0 radical (unpaired) electrons. The second kappa shape index (κ2) is 5.52. The molecular formula is C15H22O2. The molecule has 0 aliphatic heterocycles. The molecule has 94 valence electrons. The average molecular weight is 234 g/mol. The van der Waals surface area contributed by atoms with E-state index in [1.54, 1.807) is 0 Å². The van der Waals surface area contributed by atoms with Crippen LogP contribution in [0.1, 0.15) is 45.4 Å². The third-order valence-corrected chi connectivity index (χ3v) is 4.04. The molecule has 1 atom stereocenters. The van der Waals surface area contributed by atoms with Gasteiger partial charge in [0.15, 0.2) is 0 Å². The molecule has 2 heteroatoms.